The summed E-state index contributed by atoms with van der Waals surface area (Å²) in [4.78, 5) is 21.1. The number of carbonyl (C=O) groups is 1. The smallest absolute Gasteiger partial charge is 0.316 e. The highest BCUT2D eigenvalue weighted by Gasteiger charge is 2.16. The standard InChI is InChI=1S/C22H20N4O3S/c1-3-28-18-9-7-15(8-10-18)12-23-21(27)22-25-20(26-29-22)17-6-4-5-16(11-17)19-13-30-14(2)24-19/h4-11,13H,3,12H2,1-2H3,(H,23,27). The fourth-order valence-corrected chi connectivity index (χ4v) is 3.50. The number of nitrogens with zero attached hydrogens (tertiary/aromatic N) is 3. The molecule has 1 amide bonds. The van der Waals surface area contributed by atoms with Crippen molar-refractivity contribution in [2.24, 2.45) is 0 Å². The maximum absolute atomic E-state index is 12.4. The Morgan fingerprint density at radius 3 is 2.67 bits per heavy atom. The highest BCUT2D eigenvalue weighted by atomic mass is 32.1. The molecule has 0 unspecified atom stereocenters. The molecule has 0 radical (unpaired) electrons. The molecule has 7 nitrogen and oxygen atoms in total. The molecule has 30 heavy (non-hydrogen) atoms. The zero-order valence-corrected chi connectivity index (χ0v) is 17.4. The second-order valence-electron chi connectivity index (χ2n) is 6.52. The Balaban J connectivity index is 1.43. The normalized spacial score (nSPS) is 10.7. The topological polar surface area (TPSA) is 90.1 Å². The summed E-state index contributed by atoms with van der Waals surface area (Å²) in [5.41, 5.74) is 3.56. The van der Waals surface area contributed by atoms with Gasteiger partial charge in [0.05, 0.1) is 17.3 Å². The average molecular weight is 420 g/mol. The molecule has 0 saturated carbocycles. The molecular formula is C22H20N4O3S. The van der Waals surface area contributed by atoms with Crippen LogP contribution in [0.25, 0.3) is 22.6 Å². The van der Waals surface area contributed by atoms with Gasteiger partial charge >= 0.3 is 11.8 Å². The van der Waals surface area contributed by atoms with Crippen LogP contribution in [0.1, 0.15) is 28.2 Å². The van der Waals surface area contributed by atoms with Crippen molar-refractivity contribution < 1.29 is 14.1 Å². The summed E-state index contributed by atoms with van der Waals surface area (Å²) >= 11 is 1.59. The lowest BCUT2D eigenvalue weighted by Crippen LogP contribution is -2.23. The third kappa shape index (κ3) is 4.55. The van der Waals surface area contributed by atoms with Gasteiger partial charge in [-0.05, 0) is 37.6 Å². The van der Waals surface area contributed by atoms with Crippen LogP contribution >= 0.6 is 11.3 Å². The van der Waals surface area contributed by atoms with Gasteiger partial charge in [-0.2, -0.15) is 4.98 Å². The van der Waals surface area contributed by atoms with Gasteiger partial charge in [-0.25, -0.2) is 4.98 Å². The highest BCUT2D eigenvalue weighted by molar-refractivity contribution is 7.09. The minimum Gasteiger partial charge on any atom is -0.494 e. The maximum atomic E-state index is 12.4. The van der Waals surface area contributed by atoms with Crippen molar-refractivity contribution in [2.45, 2.75) is 20.4 Å². The number of benzene rings is 2. The lowest BCUT2D eigenvalue weighted by atomic mass is 10.1. The van der Waals surface area contributed by atoms with E-state index in [2.05, 4.69) is 20.4 Å². The molecule has 0 spiro atoms. The molecule has 1 N–H and O–H groups in total. The quantitative estimate of drug-likeness (QED) is 0.473. The lowest BCUT2D eigenvalue weighted by Gasteiger charge is -2.05. The fourth-order valence-electron chi connectivity index (χ4n) is 2.87. The van der Waals surface area contributed by atoms with Crippen molar-refractivity contribution in [3.63, 3.8) is 0 Å². The molecule has 4 aromatic rings. The number of carbonyl (C=O) groups excluding carboxylic acids is 1. The summed E-state index contributed by atoms with van der Waals surface area (Å²) in [6.45, 7) is 4.86. The molecule has 152 valence electrons. The molecule has 0 aliphatic carbocycles. The molecule has 2 aromatic carbocycles. The minimum atomic E-state index is -0.422. The molecule has 2 heterocycles. The van der Waals surface area contributed by atoms with Gasteiger partial charge in [0.2, 0.25) is 5.82 Å². The number of hydrogen-bond acceptors (Lipinski definition) is 7. The van der Waals surface area contributed by atoms with Crippen molar-refractivity contribution in [1.82, 2.24) is 20.4 Å². The molecule has 0 atom stereocenters. The number of amides is 1. The van der Waals surface area contributed by atoms with Crippen LogP contribution in [0.5, 0.6) is 5.75 Å². The number of rotatable bonds is 7. The van der Waals surface area contributed by atoms with E-state index in [4.69, 9.17) is 9.26 Å². The second-order valence-corrected chi connectivity index (χ2v) is 7.58. The summed E-state index contributed by atoms with van der Waals surface area (Å²) in [5, 5.41) is 9.75. The van der Waals surface area contributed by atoms with E-state index in [1.165, 1.54) is 0 Å². The van der Waals surface area contributed by atoms with Gasteiger partial charge in [-0.15, -0.1) is 11.3 Å². The zero-order chi connectivity index (χ0) is 20.9. The Morgan fingerprint density at radius 2 is 1.93 bits per heavy atom. The molecule has 8 heteroatoms. The van der Waals surface area contributed by atoms with Crippen molar-refractivity contribution in [2.75, 3.05) is 6.61 Å². The van der Waals surface area contributed by atoms with E-state index in [1.54, 1.807) is 11.3 Å². The van der Waals surface area contributed by atoms with E-state index in [1.807, 2.05) is 67.8 Å². The van der Waals surface area contributed by atoms with E-state index in [9.17, 15) is 4.79 Å². The summed E-state index contributed by atoms with van der Waals surface area (Å²) in [6, 6.07) is 15.2. The van der Waals surface area contributed by atoms with Crippen LogP contribution in [-0.4, -0.2) is 27.6 Å². The van der Waals surface area contributed by atoms with Gasteiger partial charge in [0.15, 0.2) is 0 Å². The highest BCUT2D eigenvalue weighted by Crippen LogP contribution is 2.26. The second kappa shape index (κ2) is 8.87. The first kappa shape index (κ1) is 19.8. The Kier molecular flexibility index (Phi) is 5.85. The van der Waals surface area contributed by atoms with Crippen LogP contribution in [0, 0.1) is 6.92 Å². The van der Waals surface area contributed by atoms with Gasteiger partial charge in [-0.1, -0.05) is 35.5 Å². The van der Waals surface area contributed by atoms with E-state index >= 15 is 0 Å². The number of aryl methyl sites for hydroxylation is 1. The van der Waals surface area contributed by atoms with E-state index in [0.29, 0.717) is 19.0 Å². The van der Waals surface area contributed by atoms with Crippen molar-refractivity contribution in [3.05, 3.63) is 70.4 Å². The van der Waals surface area contributed by atoms with Gasteiger partial charge in [0, 0.05) is 23.1 Å². The molecule has 0 fully saturated rings. The molecule has 4 rings (SSSR count). The fraction of sp³-hybridized carbons (Fsp3) is 0.182. The van der Waals surface area contributed by atoms with E-state index in [-0.39, 0.29) is 5.89 Å². The molecule has 0 aliphatic rings. The molecule has 0 saturated heterocycles. The van der Waals surface area contributed by atoms with Crippen LogP contribution < -0.4 is 10.1 Å². The van der Waals surface area contributed by atoms with Gasteiger partial charge < -0.3 is 14.6 Å². The van der Waals surface area contributed by atoms with Gasteiger partial charge in [-0.3, -0.25) is 4.79 Å². The van der Waals surface area contributed by atoms with Crippen LogP contribution in [-0.2, 0) is 6.54 Å². The third-order valence-corrected chi connectivity index (χ3v) is 5.12. The van der Waals surface area contributed by atoms with Crippen molar-refractivity contribution >= 4 is 17.2 Å². The SMILES string of the molecule is CCOc1ccc(CNC(=O)c2nc(-c3cccc(-c4csc(C)n4)c3)no2)cc1. The predicted octanol–water partition coefficient (Wildman–Crippen LogP) is 4.50. The molecule has 0 bridgehead atoms. The van der Waals surface area contributed by atoms with Crippen molar-refractivity contribution in [1.29, 1.82) is 0 Å². The Labute approximate surface area is 177 Å². The number of aromatic nitrogens is 3. The summed E-state index contributed by atoms with van der Waals surface area (Å²) in [5.74, 6) is 0.652. The zero-order valence-electron chi connectivity index (χ0n) is 16.6. The van der Waals surface area contributed by atoms with Crippen LogP contribution in [0.15, 0.2) is 58.4 Å². The van der Waals surface area contributed by atoms with E-state index < -0.39 is 5.91 Å². The van der Waals surface area contributed by atoms with Crippen LogP contribution in [0.4, 0.5) is 0 Å². The van der Waals surface area contributed by atoms with Crippen LogP contribution in [0.2, 0.25) is 0 Å². The Morgan fingerprint density at radius 1 is 1.13 bits per heavy atom. The Bertz CT molecular complexity index is 1150. The summed E-state index contributed by atoms with van der Waals surface area (Å²) in [7, 11) is 0. The number of hydrogen-bond donors (Lipinski definition) is 1. The Hall–Kier alpha value is -3.52. The summed E-state index contributed by atoms with van der Waals surface area (Å²) < 4.78 is 10.6. The maximum Gasteiger partial charge on any atom is 0.316 e. The lowest BCUT2D eigenvalue weighted by molar-refractivity contribution is 0.0907. The average Bonchev–Trinajstić information content (AvgIpc) is 3.43. The first-order valence-corrected chi connectivity index (χ1v) is 10.4. The molecular weight excluding hydrogens is 400 g/mol. The van der Waals surface area contributed by atoms with E-state index in [0.717, 1.165) is 33.1 Å². The van der Waals surface area contributed by atoms with Crippen LogP contribution in [0.3, 0.4) is 0 Å². The summed E-state index contributed by atoms with van der Waals surface area (Å²) in [6.07, 6.45) is 0. The third-order valence-electron chi connectivity index (χ3n) is 4.34. The molecule has 2 aromatic heterocycles. The first-order valence-electron chi connectivity index (χ1n) is 9.49. The minimum absolute atomic E-state index is 0.0779. The molecule has 0 aliphatic heterocycles. The number of ether oxygens (including phenoxy) is 1. The first-order chi connectivity index (χ1) is 14.6. The largest absolute Gasteiger partial charge is 0.494 e. The van der Waals surface area contributed by atoms with Gasteiger partial charge in [0.1, 0.15) is 5.75 Å². The number of nitrogens with one attached hydrogen (secondary N) is 1. The van der Waals surface area contributed by atoms with Crippen molar-refractivity contribution in [3.8, 4) is 28.4 Å². The predicted molar refractivity (Wildman–Crippen MR) is 114 cm³/mol. The number of thiazole rings is 1. The monoisotopic (exact) mass is 420 g/mol. The van der Waals surface area contributed by atoms with Gasteiger partial charge in [0.25, 0.3) is 0 Å².